The zero-order chi connectivity index (χ0) is 34.7. The minimum atomic E-state index is -1.12. The van der Waals surface area contributed by atoms with Gasteiger partial charge < -0.3 is 35.8 Å². The van der Waals surface area contributed by atoms with Gasteiger partial charge in [-0.2, -0.15) is 5.10 Å². The number of benzene rings is 3. The lowest BCUT2D eigenvalue weighted by Gasteiger charge is -2.32. The Hall–Kier alpha value is -5.73. The van der Waals surface area contributed by atoms with Crippen molar-refractivity contribution >= 4 is 57.7 Å². The van der Waals surface area contributed by atoms with E-state index in [1.54, 1.807) is 53.4 Å². The van der Waals surface area contributed by atoms with Crippen LogP contribution >= 0.6 is 11.6 Å². The van der Waals surface area contributed by atoms with Gasteiger partial charge in [0.2, 0.25) is 5.91 Å². The van der Waals surface area contributed by atoms with Crippen molar-refractivity contribution in [3.8, 4) is 11.3 Å². The van der Waals surface area contributed by atoms with Gasteiger partial charge in [-0.1, -0.05) is 29.8 Å². The molecule has 15 heteroatoms. The number of likely N-dealkylation sites (N-methyl/N-ethyl adjacent to an activating group) is 1. The van der Waals surface area contributed by atoms with Crippen molar-refractivity contribution in [2.24, 2.45) is 0 Å². The first-order valence-electron chi connectivity index (χ1n) is 15.3. The number of hydrogen-bond acceptors (Lipinski definition) is 6. The predicted molar refractivity (Wildman–Crippen MR) is 182 cm³/mol. The second kappa shape index (κ2) is 14.2. The first-order valence-corrected chi connectivity index (χ1v) is 15.7. The monoisotopic (exact) mass is 686 g/mol. The maximum atomic E-state index is 14.6. The molecule has 2 aromatic heterocycles. The van der Waals surface area contributed by atoms with Crippen LogP contribution in [-0.4, -0.2) is 93.2 Å². The van der Waals surface area contributed by atoms with E-state index in [-0.39, 0.29) is 40.1 Å². The van der Waals surface area contributed by atoms with E-state index in [9.17, 15) is 28.7 Å². The Morgan fingerprint density at radius 3 is 2.41 bits per heavy atom. The van der Waals surface area contributed by atoms with Gasteiger partial charge in [-0.25, -0.2) is 14.0 Å². The third-order valence-corrected chi connectivity index (χ3v) is 8.52. The number of anilines is 2. The van der Waals surface area contributed by atoms with Gasteiger partial charge in [-0.15, -0.1) is 0 Å². The van der Waals surface area contributed by atoms with Gasteiger partial charge in [0.25, 0.3) is 5.91 Å². The Labute approximate surface area is 284 Å². The fourth-order valence-electron chi connectivity index (χ4n) is 5.45. The molecule has 0 saturated carbocycles. The summed E-state index contributed by atoms with van der Waals surface area (Å²) in [5.74, 6) is -3.01. The van der Waals surface area contributed by atoms with Gasteiger partial charge in [-0.05, 0) is 67.2 Å². The molecule has 3 aromatic carbocycles. The molecule has 1 unspecified atom stereocenters. The van der Waals surface area contributed by atoms with Crippen LogP contribution in [0.5, 0.6) is 0 Å². The summed E-state index contributed by atoms with van der Waals surface area (Å²) in [7, 11) is 2.01. The highest BCUT2D eigenvalue weighted by molar-refractivity contribution is 6.31. The van der Waals surface area contributed by atoms with E-state index < -0.39 is 29.6 Å². The average molecular weight is 687 g/mol. The van der Waals surface area contributed by atoms with Gasteiger partial charge in [0.05, 0.1) is 10.7 Å². The van der Waals surface area contributed by atoms with Crippen molar-refractivity contribution in [1.29, 1.82) is 0 Å². The van der Waals surface area contributed by atoms with E-state index in [2.05, 4.69) is 36.0 Å². The van der Waals surface area contributed by atoms with Gasteiger partial charge in [0.15, 0.2) is 5.82 Å². The van der Waals surface area contributed by atoms with Crippen molar-refractivity contribution in [1.82, 2.24) is 30.3 Å². The highest BCUT2D eigenvalue weighted by Crippen LogP contribution is 2.27. The lowest BCUT2D eigenvalue weighted by atomic mass is 10.0. The summed E-state index contributed by atoms with van der Waals surface area (Å²) < 4.78 is 14.6. The molecule has 6 rings (SSSR count). The largest absolute Gasteiger partial charge is 0.477 e. The van der Waals surface area contributed by atoms with Gasteiger partial charge >= 0.3 is 12.0 Å². The quantitative estimate of drug-likeness (QED) is 0.129. The van der Waals surface area contributed by atoms with Crippen molar-refractivity contribution in [2.75, 3.05) is 43.9 Å². The molecule has 0 spiro atoms. The zero-order valence-corrected chi connectivity index (χ0v) is 27.0. The average Bonchev–Trinajstić information content (AvgIpc) is 3.75. The van der Waals surface area contributed by atoms with Crippen molar-refractivity contribution < 1.29 is 28.7 Å². The number of carbonyl (C=O) groups excluding carboxylic acids is 3. The number of aromatic nitrogens is 3. The first-order chi connectivity index (χ1) is 23.5. The Bertz CT molecular complexity index is 2040. The molecule has 1 aliphatic rings. The number of amides is 4. The third kappa shape index (κ3) is 7.71. The molecule has 4 amide bonds. The number of aromatic carboxylic acids is 1. The number of aromatic amines is 2. The molecule has 13 nitrogen and oxygen atoms in total. The highest BCUT2D eigenvalue weighted by atomic mass is 35.5. The Kier molecular flexibility index (Phi) is 9.60. The number of nitrogens with one attached hydrogen (secondary N) is 5. The number of rotatable bonds is 9. The van der Waals surface area contributed by atoms with Crippen molar-refractivity contribution in [3.05, 3.63) is 101 Å². The fraction of sp³-hybridized carbons (Fsp3) is 0.206. The lowest BCUT2D eigenvalue weighted by Crippen LogP contribution is -2.48. The lowest BCUT2D eigenvalue weighted by molar-refractivity contribution is -0.118. The predicted octanol–water partition coefficient (Wildman–Crippen LogP) is 4.81. The van der Waals surface area contributed by atoms with Crippen LogP contribution in [0.15, 0.2) is 72.8 Å². The number of halogens is 2. The number of carboxylic acids is 1. The minimum absolute atomic E-state index is 0.00312. The van der Waals surface area contributed by atoms with Crippen LogP contribution in [0.25, 0.3) is 22.2 Å². The molecule has 5 aromatic rings. The molecule has 0 aliphatic carbocycles. The fourth-order valence-corrected chi connectivity index (χ4v) is 5.62. The van der Waals surface area contributed by atoms with Gasteiger partial charge in [-0.3, -0.25) is 14.7 Å². The molecule has 3 heterocycles. The Balaban J connectivity index is 1.19. The number of fused-ring (bicyclic) bond motifs is 1. The number of H-pyrrole nitrogens is 2. The summed E-state index contributed by atoms with van der Waals surface area (Å²) in [4.78, 5) is 57.9. The SMILES string of the molecule is CN1CCN(C(=O)Nc2ccc(CC(NC(=O)c3cc(-c4cccc(Cl)c4F)n[nH]3)C(=O)Nc3ccc4[nH]c(C(=O)O)cc4c3)cc2)CC1. The Morgan fingerprint density at radius 1 is 0.939 bits per heavy atom. The summed E-state index contributed by atoms with van der Waals surface area (Å²) in [5.41, 5.74) is 2.48. The van der Waals surface area contributed by atoms with Crippen LogP contribution in [0.3, 0.4) is 0 Å². The highest BCUT2D eigenvalue weighted by Gasteiger charge is 2.25. The Morgan fingerprint density at radius 2 is 1.67 bits per heavy atom. The van der Waals surface area contributed by atoms with E-state index >= 15 is 0 Å². The number of carboxylic acid groups (broad SMARTS) is 1. The summed E-state index contributed by atoms with van der Waals surface area (Å²) >= 11 is 5.91. The van der Waals surface area contributed by atoms with Crippen LogP contribution in [0, 0.1) is 5.82 Å². The topological polar surface area (TPSA) is 176 Å². The molecular formula is C34H32ClFN8O5. The minimum Gasteiger partial charge on any atom is -0.477 e. The number of hydrogen-bond donors (Lipinski definition) is 6. The van der Waals surface area contributed by atoms with Gasteiger partial charge in [0.1, 0.15) is 17.4 Å². The van der Waals surface area contributed by atoms with Crippen LogP contribution in [0.1, 0.15) is 26.5 Å². The van der Waals surface area contributed by atoms with E-state index in [4.69, 9.17) is 11.6 Å². The molecule has 49 heavy (non-hydrogen) atoms. The number of piperazine rings is 1. The zero-order valence-electron chi connectivity index (χ0n) is 26.2. The molecule has 1 fully saturated rings. The molecule has 6 N–H and O–H groups in total. The van der Waals surface area contributed by atoms with E-state index in [1.807, 2.05) is 7.05 Å². The summed E-state index contributed by atoms with van der Waals surface area (Å²) in [5, 5.41) is 24.9. The standard InChI is InChI=1S/C34H32ClFN8O5/c1-43-11-13-44(14-12-43)34(49)38-21-7-5-19(6-8-21)15-27(31(45)37-22-9-10-25-20(16-22)17-29(39-25)33(47)48)40-32(46)28-18-26(41-42-28)23-3-2-4-24(35)30(23)36/h2-10,16-18,27,39H,11-15H2,1H3,(H,37,45)(H,38,49)(H,40,46)(H,41,42)(H,47,48). The van der Waals surface area contributed by atoms with Gasteiger partial charge in [0, 0.05) is 60.4 Å². The summed E-state index contributed by atoms with van der Waals surface area (Å²) in [6.45, 7) is 2.84. The maximum Gasteiger partial charge on any atom is 0.352 e. The van der Waals surface area contributed by atoms with Crippen LogP contribution in [0.2, 0.25) is 5.02 Å². The van der Waals surface area contributed by atoms with E-state index in [0.29, 0.717) is 40.9 Å². The van der Waals surface area contributed by atoms with E-state index in [1.165, 1.54) is 24.3 Å². The molecule has 1 atom stereocenters. The van der Waals surface area contributed by atoms with Crippen LogP contribution in [0.4, 0.5) is 20.6 Å². The van der Waals surface area contributed by atoms with Crippen LogP contribution < -0.4 is 16.0 Å². The number of nitrogens with zero attached hydrogens (tertiary/aromatic N) is 3. The molecule has 0 radical (unpaired) electrons. The second-order valence-electron chi connectivity index (χ2n) is 11.7. The van der Waals surface area contributed by atoms with E-state index in [0.717, 1.165) is 13.1 Å². The smallest absolute Gasteiger partial charge is 0.352 e. The normalized spacial score (nSPS) is 14.0. The molecule has 1 aliphatic heterocycles. The van der Waals surface area contributed by atoms with Crippen molar-refractivity contribution in [3.63, 3.8) is 0 Å². The second-order valence-corrected chi connectivity index (χ2v) is 12.1. The number of urea groups is 1. The maximum absolute atomic E-state index is 14.6. The number of carbonyl (C=O) groups is 4. The molecule has 0 bridgehead atoms. The summed E-state index contributed by atoms with van der Waals surface area (Å²) in [6, 6.07) is 17.8. The van der Waals surface area contributed by atoms with Crippen LogP contribution in [-0.2, 0) is 11.2 Å². The first kappa shape index (κ1) is 33.2. The molecular weight excluding hydrogens is 655 g/mol. The molecule has 252 valence electrons. The summed E-state index contributed by atoms with van der Waals surface area (Å²) in [6.07, 6.45) is 0.0732. The third-order valence-electron chi connectivity index (χ3n) is 8.23. The molecule has 1 saturated heterocycles. The van der Waals surface area contributed by atoms with Crippen molar-refractivity contribution in [2.45, 2.75) is 12.5 Å².